The number of nitrogens with zero attached hydrogens (tertiary/aromatic N) is 1. The van der Waals surface area contributed by atoms with Gasteiger partial charge in [-0.05, 0) is 47.4 Å². The molecule has 0 bridgehead atoms. The third-order valence-corrected chi connectivity index (χ3v) is 5.56. The molecule has 0 aliphatic carbocycles. The monoisotopic (exact) mass is 424 g/mol. The normalized spacial score (nSPS) is 16.2. The van der Waals surface area contributed by atoms with Crippen molar-refractivity contribution in [2.45, 2.75) is 0 Å². The predicted molar refractivity (Wildman–Crippen MR) is 101 cm³/mol. The van der Waals surface area contributed by atoms with Gasteiger partial charge in [0.05, 0.1) is 9.78 Å². The summed E-state index contributed by atoms with van der Waals surface area (Å²) in [4.78, 5) is 25.5. The molecule has 1 N–H and O–H groups in total. The van der Waals surface area contributed by atoms with Gasteiger partial charge in [0.25, 0.3) is 11.8 Å². The summed E-state index contributed by atoms with van der Waals surface area (Å²) in [6, 6.07) is 11.0. The number of thiophene rings is 1. The predicted octanol–water partition coefficient (Wildman–Crippen LogP) is 4.06. The average molecular weight is 425 g/mol. The van der Waals surface area contributed by atoms with Crippen LogP contribution in [0.5, 0.6) is 0 Å². The number of thioether (sulfide) groups is 1. The van der Waals surface area contributed by atoms with Crippen molar-refractivity contribution in [3.8, 4) is 0 Å². The molecule has 0 unspecified atom stereocenters. The second-order valence-electron chi connectivity index (χ2n) is 4.49. The first-order valence-electron chi connectivity index (χ1n) is 6.42. The van der Waals surface area contributed by atoms with Crippen molar-refractivity contribution in [1.29, 1.82) is 0 Å². The zero-order valence-corrected chi connectivity index (χ0v) is 15.5. The summed E-state index contributed by atoms with van der Waals surface area (Å²) in [7, 11) is 0. The van der Waals surface area contributed by atoms with Gasteiger partial charge in [0.1, 0.15) is 0 Å². The van der Waals surface area contributed by atoms with Crippen LogP contribution >= 0.6 is 51.2 Å². The summed E-state index contributed by atoms with van der Waals surface area (Å²) in [6.07, 6.45) is 1.75. The van der Waals surface area contributed by atoms with E-state index in [0.717, 1.165) is 26.8 Å². The van der Waals surface area contributed by atoms with Crippen molar-refractivity contribution >= 4 is 73.5 Å². The van der Waals surface area contributed by atoms with Gasteiger partial charge < -0.3 is 0 Å². The number of hydrazine groups is 1. The van der Waals surface area contributed by atoms with Crippen molar-refractivity contribution in [3.63, 3.8) is 0 Å². The maximum atomic E-state index is 12.4. The highest BCUT2D eigenvalue weighted by atomic mass is 79.9. The molecular weight excluding hydrogens is 416 g/mol. The van der Waals surface area contributed by atoms with Crippen LogP contribution in [0.3, 0.4) is 0 Å². The molecule has 0 saturated carbocycles. The molecule has 1 aliphatic heterocycles. The highest BCUT2D eigenvalue weighted by molar-refractivity contribution is 9.10. The largest absolute Gasteiger partial charge is 0.285 e. The van der Waals surface area contributed by atoms with E-state index in [9.17, 15) is 9.59 Å². The smallest absolute Gasteiger partial charge is 0.266 e. The minimum Gasteiger partial charge on any atom is -0.266 e. The molecule has 1 saturated heterocycles. The Hall–Kier alpha value is -1.48. The Morgan fingerprint density at radius 3 is 2.83 bits per heavy atom. The molecule has 0 radical (unpaired) electrons. The van der Waals surface area contributed by atoms with E-state index in [1.807, 2.05) is 24.3 Å². The van der Waals surface area contributed by atoms with Gasteiger partial charge in [0.15, 0.2) is 4.32 Å². The maximum absolute atomic E-state index is 12.4. The van der Waals surface area contributed by atoms with Crippen LogP contribution in [0.4, 0.5) is 0 Å². The van der Waals surface area contributed by atoms with Crippen LogP contribution in [0.1, 0.15) is 15.2 Å². The molecule has 2 amide bonds. The lowest BCUT2D eigenvalue weighted by atomic mass is 10.2. The number of hydrogen-bond acceptors (Lipinski definition) is 5. The molecule has 3 rings (SSSR count). The fraction of sp³-hybridized carbons (Fsp3) is 0. The van der Waals surface area contributed by atoms with Gasteiger partial charge in [-0.25, -0.2) is 0 Å². The molecule has 4 nitrogen and oxygen atoms in total. The second-order valence-corrected chi connectivity index (χ2v) is 8.03. The van der Waals surface area contributed by atoms with E-state index < -0.39 is 0 Å². The molecule has 8 heteroatoms. The van der Waals surface area contributed by atoms with E-state index in [1.165, 1.54) is 11.3 Å². The van der Waals surface area contributed by atoms with E-state index in [4.69, 9.17) is 12.2 Å². The molecule has 0 atom stereocenters. The van der Waals surface area contributed by atoms with Gasteiger partial charge in [-0.1, -0.05) is 45.9 Å². The molecule has 116 valence electrons. The van der Waals surface area contributed by atoms with Crippen LogP contribution in [-0.4, -0.2) is 21.1 Å². The van der Waals surface area contributed by atoms with Crippen molar-refractivity contribution < 1.29 is 9.59 Å². The molecule has 1 aromatic heterocycles. The number of benzene rings is 1. The minimum atomic E-state index is -0.347. The number of carbonyl (C=O) groups is 2. The molecule has 1 aromatic carbocycles. The van der Waals surface area contributed by atoms with E-state index in [1.54, 1.807) is 23.6 Å². The third kappa shape index (κ3) is 3.72. The van der Waals surface area contributed by atoms with Gasteiger partial charge in [-0.2, -0.15) is 5.01 Å². The molecule has 23 heavy (non-hydrogen) atoms. The van der Waals surface area contributed by atoms with Crippen LogP contribution in [0.25, 0.3) is 6.08 Å². The third-order valence-electron chi connectivity index (χ3n) is 2.90. The van der Waals surface area contributed by atoms with Crippen LogP contribution < -0.4 is 5.43 Å². The zero-order chi connectivity index (χ0) is 16.4. The summed E-state index contributed by atoms with van der Waals surface area (Å²) in [5.41, 5.74) is 3.43. The summed E-state index contributed by atoms with van der Waals surface area (Å²) in [6.45, 7) is 0. The Morgan fingerprint density at radius 1 is 1.30 bits per heavy atom. The molecule has 2 heterocycles. The zero-order valence-electron chi connectivity index (χ0n) is 11.5. The van der Waals surface area contributed by atoms with Crippen molar-refractivity contribution in [2.24, 2.45) is 0 Å². The first kappa shape index (κ1) is 16.4. The van der Waals surface area contributed by atoms with Crippen LogP contribution in [0.2, 0.25) is 0 Å². The SMILES string of the molecule is O=C(NN1C(=O)/C(=C/c2cccc(Br)c2)SC1=S)c1cccs1. The average Bonchev–Trinajstić information content (AvgIpc) is 3.12. The number of hydrogen-bond donors (Lipinski definition) is 1. The fourth-order valence-corrected chi connectivity index (χ4v) is 4.09. The number of rotatable bonds is 3. The summed E-state index contributed by atoms with van der Waals surface area (Å²) in [5.74, 6) is -0.676. The van der Waals surface area contributed by atoms with Gasteiger partial charge in [-0.15, -0.1) is 11.3 Å². The van der Waals surface area contributed by atoms with Crippen molar-refractivity contribution in [3.05, 3.63) is 61.6 Å². The van der Waals surface area contributed by atoms with Crippen LogP contribution in [0, 0.1) is 0 Å². The van der Waals surface area contributed by atoms with Gasteiger partial charge >= 0.3 is 0 Å². The summed E-state index contributed by atoms with van der Waals surface area (Å²) < 4.78 is 1.23. The standard InChI is InChI=1S/C15H9BrN2O2S3/c16-10-4-1-3-9(7-10)8-12-14(20)18(15(21)23-12)17-13(19)11-5-2-6-22-11/h1-8H,(H,17,19)/b12-8-. The van der Waals surface area contributed by atoms with Gasteiger partial charge in [0.2, 0.25) is 0 Å². The topological polar surface area (TPSA) is 49.4 Å². The molecular formula is C15H9BrN2O2S3. The highest BCUT2D eigenvalue weighted by Crippen LogP contribution is 2.31. The van der Waals surface area contributed by atoms with Crippen LogP contribution in [0.15, 0.2) is 51.2 Å². The van der Waals surface area contributed by atoms with E-state index in [-0.39, 0.29) is 11.8 Å². The summed E-state index contributed by atoms with van der Waals surface area (Å²) in [5, 5.41) is 2.91. The number of carbonyl (C=O) groups excluding carboxylic acids is 2. The highest BCUT2D eigenvalue weighted by Gasteiger charge is 2.33. The number of thiocarbonyl (C=S) groups is 1. The number of halogens is 1. The molecule has 1 fully saturated rings. The summed E-state index contributed by atoms with van der Waals surface area (Å²) >= 11 is 11.0. The van der Waals surface area contributed by atoms with Gasteiger partial charge in [0, 0.05) is 4.47 Å². The number of nitrogens with one attached hydrogen (secondary N) is 1. The van der Waals surface area contributed by atoms with E-state index >= 15 is 0 Å². The maximum Gasteiger partial charge on any atom is 0.285 e. The van der Waals surface area contributed by atoms with Crippen molar-refractivity contribution in [1.82, 2.24) is 10.4 Å². The Morgan fingerprint density at radius 2 is 2.13 bits per heavy atom. The van der Waals surface area contributed by atoms with Crippen LogP contribution in [-0.2, 0) is 4.79 Å². The molecule has 1 aliphatic rings. The fourth-order valence-electron chi connectivity index (χ4n) is 1.88. The Bertz CT molecular complexity index is 818. The Kier molecular flexibility index (Phi) is 4.96. The number of amides is 2. The second kappa shape index (κ2) is 6.96. The first-order chi connectivity index (χ1) is 11.0. The van der Waals surface area contributed by atoms with E-state index in [0.29, 0.717) is 14.1 Å². The quantitative estimate of drug-likeness (QED) is 0.596. The van der Waals surface area contributed by atoms with E-state index in [2.05, 4.69) is 21.4 Å². The Labute approximate surface area is 154 Å². The lowest BCUT2D eigenvalue weighted by Crippen LogP contribution is -2.44. The Balaban J connectivity index is 1.79. The lowest BCUT2D eigenvalue weighted by Gasteiger charge is -2.14. The van der Waals surface area contributed by atoms with Crippen molar-refractivity contribution in [2.75, 3.05) is 0 Å². The van der Waals surface area contributed by atoms with Gasteiger partial charge in [-0.3, -0.25) is 15.0 Å². The molecule has 0 spiro atoms. The molecule has 2 aromatic rings. The lowest BCUT2D eigenvalue weighted by molar-refractivity contribution is -0.123. The minimum absolute atomic E-state index is 0.307. The first-order valence-corrected chi connectivity index (χ1v) is 9.32.